The number of carbonyl (C=O) groups excluding carboxylic acids is 1. The highest BCUT2D eigenvalue weighted by atomic mass is 35.5. The monoisotopic (exact) mass is 436 g/mol. The van der Waals surface area contributed by atoms with E-state index in [1.165, 1.54) is 4.31 Å². The second kappa shape index (κ2) is 10.6. The molecular weight excluding hydrogens is 408 g/mol. The predicted molar refractivity (Wildman–Crippen MR) is 120 cm³/mol. The van der Waals surface area contributed by atoms with E-state index < -0.39 is 10.0 Å². The van der Waals surface area contributed by atoms with Gasteiger partial charge in [-0.2, -0.15) is 0 Å². The van der Waals surface area contributed by atoms with Gasteiger partial charge in [0, 0.05) is 18.0 Å². The van der Waals surface area contributed by atoms with E-state index in [1.807, 2.05) is 30.3 Å². The standard InChI is InChI=1S/C22H29ClN2O3S/c1-17(2)16-21(18-8-5-4-6-9-18)24-22(26)10-7-15-25(29(3,27)28)20-13-11-19(23)12-14-20/h4-6,8-9,11-14,17,21H,7,10,15-16H2,1-3H3,(H,24,26)/t21-/m0/s1. The largest absolute Gasteiger partial charge is 0.349 e. The second-order valence-electron chi connectivity index (χ2n) is 7.58. The number of nitrogens with zero attached hydrogens (tertiary/aromatic N) is 1. The van der Waals surface area contributed by atoms with Crippen LogP contribution in [-0.2, 0) is 14.8 Å². The average molecular weight is 437 g/mol. The molecule has 1 atom stereocenters. The molecule has 5 nitrogen and oxygen atoms in total. The number of hydrogen-bond acceptors (Lipinski definition) is 3. The molecule has 2 aromatic rings. The van der Waals surface area contributed by atoms with Gasteiger partial charge in [0.15, 0.2) is 0 Å². The number of sulfonamides is 1. The molecule has 0 aliphatic rings. The van der Waals surface area contributed by atoms with Crippen molar-refractivity contribution in [2.75, 3.05) is 17.1 Å². The summed E-state index contributed by atoms with van der Waals surface area (Å²) in [5, 5.41) is 3.64. The molecule has 0 spiro atoms. The molecule has 0 saturated heterocycles. The van der Waals surface area contributed by atoms with Crippen LogP contribution in [-0.4, -0.2) is 27.1 Å². The molecule has 1 amide bonds. The van der Waals surface area contributed by atoms with Gasteiger partial charge in [0.25, 0.3) is 0 Å². The van der Waals surface area contributed by atoms with Crippen molar-refractivity contribution in [1.82, 2.24) is 5.32 Å². The van der Waals surface area contributed by atoms with E-state index in [0.29, 0.717) is 23.0 Å². The molecule has 0 aliphatic carbocycles. The van der Waals surface area contributed by atoms with Gasteiger partial charge in [-0.05, 0) is 48.6 Å². The number of halogens is 1. The predicted octanol–water partition coefficient (Wildman–Crippen LogP) is 4.79. The van der Waals surface area contributed by atoms with Gasteiger partial charge in [0.05, 0.1) is 18.0 Å². The molecule has 0 aliphatic heterocycles. The molecule has 0 radical (unpaired) electrons. The zero-order chi connectivity index (χ0) is 21.4. The average Bonchev–Trinajstić information content (AvgIpc) is 2.65. The molecule has 1 N–H and O–H groups in total. The van der Waals surface area contributed by atoms with Crippen LogP contribution in [0.2, 0.25) is 5.02 Å². The second-order valence-corrected chi connectivity index (χ2v) is 9.92. The topological polar surface area (TPSA) is 66.5 Å². The zero-order valence-corrected chi connectivity index (χ0v) is 18.7. The molecular formula is C22H29ClN2O3S. The number of amides is 1. The Morgan fingerprint density at radius 3 is 2.24 bits per heavy atom. The van der Waals surface area contributed by atoms with E-state index >= 15 is 0 Å². The molecule has 0 heterocycles. The minimum absolute atomic E-state index is 0.0500. The molecule has 2 aromatic carbocycles. The van der Waals surface area contributed by atoms with Crippen LogP contribution in [0.3, 0.4) is 0 Å². The fourth-order valence-electron chi connectivity index (χ4n) is 3.18. The summed E-state index contributed by atoms with van der Waals surface area (Å²) in [7, 11) is -3.45. The van der Waals surface area contributed by atoms with Crippen LogP contribution in [0.15, 0.2) is 54.6 Å². The summed E-state index contributed by atoms with van der Waals surface area (Å²) in [6, 6.07) is 16.5. The van der Waals surface area contributed by atoms with Gasteiger partial charge in [-0.15, -0.1) is 0 Å². The van der Waals surface area contributed by atoms with Gasteiger partial charge in [0.1, 0.15) is 0 Å². The minimum Gasteiger partial charge on any atom is -0.349 e. The summed E-state index contributed by atoms with van der Waals surface area (Å²) < 4.78 is 25.6. The van der Waals surface area contributed by atoms with Crippen molar-refractivity contribution >= 4 is 33.2 Å². The quantitative estimate of drug-likeness (QED) is 0.582. The smallest absolute Gasteiger partial charge is 0.232 e. The Balaban J connectivity index is 1.98. The summed E-state index contributed by atoms with van der Waals surface area (Å²) >= 11 is 5.89. The van der Waals surface area contributed by atoms with Gasteiger partial charge < -0.3 is 5.32 Å². The first-order valence-electron chi connectivity index (χ1n) is 9.74. The van der Waals surface area contributed by atoms with E-state index in [0.717, 1.165) is 18.2 Å². The number of rotatable bonds is 10. The number of anilines is 1. The molecule has 0 unspecified atom stereocenters. The third-order valence-corrected chi connectivity index (χ3v) is 5.97. The van der Waals surface area contributed by atoms with Crippen molar-refractivity contribution in [3.8, 4) is 0 Å². The molecule has 0 fully saturated rings. The Morgan fingerprint density at radius 2 is 1.69 bits per heavy atom. The SMILES string of the molecule is CC(C)C[C@H](NC(=O)CCCN(c1ccc(Cl)cc1)S(C)(=O)=O)c1ccccc1. The van der Waals surface area contributed by atoms with E-state index in [4.69, 9.17) is 11.6 Å². The van der Waals surface area contributed by atoms with Crippen molar-refractivity contribution in [2.45, 2.75) is 39.2 Å². The van der Waals surface area contributed by atoms with E-state index in [-0.39, 0.29) is 24.9 Å². The van der Waals surface area contributed by atoms with E-state index in [1.54, 1.807) is 24.3 Å². The van der Waals surface area contributed by atoms with Gasteiger partial charge in [-0.1, -0.05) is 55.8 Å². The lowest BCUT2D eigenvalue weighted by Crippen LogP contribution is -2.33. The summed E-state index contributed by atoms with van der Waals surface area (Å²) in [5.41, 5.74) is 1.62. The summed E-state index contributed by atoms with van der Waals surface area (Å²) in [6.07, 6.45) is 2.68. The molecule has 0 bridgehead atoms. The Labute approximate surface area is 179 Å². The molecule has 158 valence electrons. The normalized spacial score (nSPS) is 12.6. The van der Waals surface area contributed by atoms with Crippen LogP contribution in [0.5, 0.6) is 0 Å². The highest BCUT2D eigenvalue weighted by Crippen LogP contribution is 2.23. The number of nitrogens with one attached hydrogen (secondary N) is 1. The number of benzene rings is 2. The fraction of sp³-hybridized carbons (Fsp3) is 0.409. The number of carbonyl (C=O) groups is 1. The van der Waals surface area contributed by atoms with Crippen molar-refractivity contribution in [2.24, 2.45) is 5.92 Å². The van der Waals surface area contributed by atoms with Crippen LogP contribution >= 0.6 is 11.6 Å². The van der Waals surface area contributed by atoms with Crippen LogP contribution in [0.4, 0.5) is 5.69 Å². The van der Waals surface area contributed by atoms with Crippen LogP contribution < -0.4 is 9.62 Å². The van der Waals surface area contributed by atoms with Crippen molar-refractivity contribution < 1.29 is 13.2 Å². The van der Waals surface area contributed by atoms with E-state index in [2.05, 4.69) is 19.2 Å². The maximum Gasteiger partial charge on any atom is 0.232 e. The summed E-state index contributed by atoms with van der Waals surface area (Å²) in [4.78, 5) is 12.5. The van der Waals surface area contributed by atoms with Crippen LogP contribution in [0.25, 0.3) is 0 Å². The lowest BCUT2D eigenvalue weighted by Gasteiger charge is -2.23. The van der Waals surface area contributed by atoms with Crippen molar-refractivity contribution in [3.05, 3.63) is 65.2 Å². The van der Waals surface area contributed by atoms with Gasteiger partial charge in [-0.3, -0.25) is 9.10 Å². The fourth-order valence-corrected chi connectivity index (χ4v) is 4.27. The first-order chi connectivity index (χ1) is 13.7. The summed E-state index contributed by atoms with van der Waals surface area (Å²) in [5.74, 6) is 0.357. The maximum absolute atomic E-state index is 12.5. The Hall–Kier alpha value is -2.05. The molecule has 7 heteroatoms. The molecule has 0 saturated carbocycles. The number of hydrogen-bond donors (Lipinski definition) is 1. The van der Waals surface area contributed by atoms with Crippen molar-refractivity contribution in [1.29, 1.82) is 0 Å². The summed E-state index contributed by atoms with van der Waals surface area (Å²) in [6.45, 7) is 4.48. The van der Waals surface area contributed by atoms with Crippen molar-refractivity contribution in [3.63, 3.8) is 0 Å². The van der Waals surface area contributed by atoms with Crippen LogP contribution in [0, 0.1) is 5.92 Å². The Kier molecular flexibility index (Phi) is 8.53. The van der Waals surface area contributed by atoms with Gasteiger partial charge in [-0.25, -0.2) is 8.42 Å². The maximum atomic E-state index is 12.5. The lowest BCUT2D eigenvalue weighted by atomic mass is 9.97. The highest BCUT2D eigenvalue weighted by Gasteiger charge is 2.19. The lowest BCUT2D eigenvalue weighted by molar-refractivity contribution is -0.122. The highest BCUT2D eigenvalue weighted by molar-refractivity contribution is 7.92. The van der Waals surface area contributed by atoms with Gasteiger partial charge in [0.2, 0.25) is 15.9 Å². The zero-order valence-electron chi connectivity index (χ0n) is 17.1. The first-order valence-corrected chi connectivity index (χ1v) is 12.0. The molecule has 29 heavy (non-hydrogen) atoms. The Bertz CT molecular complexity index is 884. The molecule has 2 rings (SSSR count). The molecule has 0 aromatic heterocycles. The third kappa shape index (κ3) is 7.71. The Morgan fingerprint density at radius 1 is 1.07 bits per heavy atom. The minimum atomic E-state index is -3.45. The van der Waals surface area contributed by atoms with E-state index in [9.17, 15) is 13.2 Å². The van der Waals surface area contributed by atoms with Gasteiger partial charge >= 0.3 is 0 Å². The third-order valence-electron chi connectivity index (χ3n) is 4.52. The first kappa shape index (κ1) is 23.2. The van der Waals surface area contributed by atoms with Crippen LogP contribution in [0.1, 0.15) is 44.7 Å².